The lowest BCUT2D eigenvalue weighted by atomic mass is 10.1. The molecule has 0 aliphatic carbocycles. The smallest absolute Gasteiger partial charge is 0.166 e. The highest BCUT2D eigenvalue weighted by atomic mass is 32.2. The number of aromatic nitrogens is 2. The minimum atomic E-state index is 0.535. The van der Waals surface area contributed by atoms with E-state index in [4.69, 9.17) is 0 Å². The van der Waals surface area contributed by atoms with E-state index >= 15 is 0 Å². The fourth-order valence-electron chi connectivity index (χ4n) is 1.92. The van der Waals surface area contributed by atoms with Crippen molar-refractivity contribution < 1.29 is 0 Å². The van der Waals surface area contributed by atoms with Crippen molar-refractivity contribution in [3.63, 3.8) is 0 Å². The summed E-state index contributed by atoms with van der Waals surface area (Å²) >= 11 is 1.79. The summed E-state index contributed by atoms with van der Waals surface area (Å²) in [6, 6.07) is 8.70. The maximum absolute atomic E-state index is 4.58. The van der Waals surface area contributed by atoms with Crippen molar-refractivity contribution in [2.24, 2.45) is 5.92 Å². The van der Waals surface area contributed by atoms with E-state index < -0.39 is 0 Å². The van der Waals surface area contributed by atoms with Crippen LogP contribution >= 0.6 is 11.8 Å². The molecule has 4 heteroatoms. The van der Waals surface area contributed by atoms with Gasteiger partial charge in [0.2, 0.25) is 0 Å². The van der Waals surface area contributed by atoms with Crippen LogP contribution in [-0.4, -0.2) is 28.3 Å². The first-order chi connectivity index (χ1) is 8.70. The predicted molar refractivity (Wildman–Crippen MR) is 79.1 cm³/mol. The minimum absolute atomic E-state index is 0.535. The van der Waals surface area contributed by atoms with E-state index in [-0.39, 0.29) is 0 Å². The number of imidazole rings is 1. The predicted octanol–water partition coefficient (Wildman–Crippen LogP) is 3.29. The number of fused-ring (bicyclic) bond motifs is 1. The van der Waals surface area contributed by atoms with Crippen LogP contribution in [0.2, 0.25) is 0 Å². The molecule has 1 aromatic carbocycles. The fourth-order valence-corrected chi connectivity index (χ4v) is 3.10. The van der Waals surface area contributed by atoms with Gasteiger partial charge in [0.25, 0.3) is 0 Å². The largest absolute Gasteiger partial charge is 0.333 e. The van der Waals surface area contributed by atoms with Gasteiger partial charge in [0.15, 0.2) is 5.16 Å². The number of nitrogens with one attached hydrogen (secondary N) is 2. The van der Waals surface area contributed by atoms with Crippen molar-refractivity contribution >= 4 is 22.8 Å². The average Bonchev–Trinajstić information content (AvgIpc) is 2.76. The molecule has 0 saturated carbocycles. The molecular formula is C14H21N3S. The Hall–Kier alpha value is -1.00. The molecule has 0 bridgehead atoms. The van der Waals surface area contributed by atoms with E-state index in [0.29, 0.717) is 12.0 Å². The van der Waals surface area contributed by atoms with Gasteiger partial charge in [-0.3, -0.25) is 0 Å². The van der Waals surface area contributed by atoms with Crippen LogP contribution in [0, 0.1) is 5.92 Å². The Labute approximate surface area is 113 Å². The Balaban J connectivity index is 2.00. The van der Waals surface area contributed by atoms with E-state index in [9.17, 15) is 0 Å². The van der Waals surface area contributed by atoms with Crippen LogP contribution in [0.1, 0.15) is 20.8 Å². The third-order valence-corrected chi connectivity index (χ3v) is 4.03. The summed E-state index contributed by atoms with van der Waals surface area (Å²) in [5.41, 5.74) is 2.16. The number of nitrogens with zero attached hydrogens (tertiary/aromatic N) is 1. The van der Waals surface area contributed by atoms with Crippen molar-refractivity contribution in [1.82, 2.24) is 15.3 Å². The molecule has 0 aliphatic rings. The summed E-state index contributed by atoms with van der Waals surface area (Å²) < 4.78 is 0. The standard InChI is InChI=1S/C14H21N3S/c1-4-15-13(10(2)3)9-18-14-16-11-7-5-6-8-12(11)17-14/h5-8,10,13,15H,4,9H2,1-3H3,(H,16,17). The SMILES string of the molecule is CCNC(CSc1nc2ccccc2[nH]1)C(C)C. The summed E-state index contributed by atoms with van der Waals surface area (Å²) in [4.78, 5) is 7.94. The summed E-state index contributed by atoms with van der Waals surface area (Å²) in [6.45, 7) is 7.68. The minimum Gasteiger partial charge on any atom is -0.333 e. The van der Waals surface area contributed by atoms with Crippen LogP contribution in [0.5, 0.6) is 0 Å². The number of rotatable bonds is 6. The summed E-state index contributed by atoms with van der Waals surface area (Å²) in [6.07, 6.45) is 0. The molecule has 1 aromatic heterocycles. The topological polar surface area (TPSA) is 40.7 Å². The first-order valence-corrected chi connectivity index (χ1v) is 7.50. The van der Waals surface area contributed by atoms with E-state index in [0.717, 1.165) is 28.5 Å². The molecular weight excluding hydrogens is 242 g/mol. The lowest BCUT2D eigenvalue weighted by Crippen LogP contribution is -2.35. The summed E-state index contributed by atoms with van der Waals surface area (Å²) in [5, 5.41) is 4.54. The maximum atomic E-state index is 4.58. The highest BCUT2D eigenvalue weighted by Gasteiger charge is 2.13. The van der Waals surface area contributed by atoms with Crippen molar-refractivity contribution in [2.45, 2.75) is 32.0 Å². The highest BCUT2D eigenvalue weighted by Crippen LogP contribution is 2.21. The zero-order valence-corrected chi connectivity index (χ0v) is 12.1. The Bertz CT molecular complexity index is 459. The van der Waals surface area contributed by atoms with Crippen LogP contribution in [0.4, 0.5) is 0 Å². The van der Waals surface area contributed by atoms with Gasteiger partial charge in [0, 0.05) is 11.8 Å². The molecule has 0 aliphatic heterocycles. The number of para-hydroxylation sites is 2. The lowest BCUT2D eigenvalue weighted by molar-refractivity contribution is 0.443. The van der Waals surface area contributed by atoms with Crippen LogP contribution in [-0.2, 0) is 0 Å². The zero-order valence-electron chi connectivity index (χ0n) is 11.2. The number of benzene rings is 1. The van der Waals surface area contributed by atoms with E-state index in [1.807, 2.05) is 18.2 Å². The van der Waals surface area contributed by atoms with Crippen molar-refractivity contribution in [3.05, 3.63) is 24.3 Å². The number of H-pyrrole nitrogens is 1. The van der Waals surface area contributed by atoms with Crippen LogP contribution in [0.15, 0.2) is 29.4 Å². The lowest BCUT2D eigenvalue weighted by Gasteiger charge is -2.20. The van der Waals surface area contributed by atoms with Gasteiger partial charge in [0.05, 0.1) is 11.0 Å². The summed E-state index contributed by atoms with van der Waals surface area (Å²) in [7, 11) is 0. The fraction of sp³-hybridized carbons (Fsp3) is 0.500. The molecule has 0 fully saturated rings. The van der Waals surface area contributed by atoms with Gasteiger partial charge in [-0.1, -0.05) is 44.7 Å². The van der Waals surface area contributed by atoms with E-state index in [1.54, 1.807) is 11.8 Å². The number of hydrogen-bond donors (Lipinski definition) is 2. The molecule has 0 spiro atoms. The molecule has 1 atom stereocenters. The van der Waals surface area contributed by atoms with Gasteiger partial charge in [0.1, 0.15) is 0 Å². The van der Waals surface area contributed by atoms with E-state index in [1.165, 1.54) is 0 Å². The molecule has 98 valence electrons. The van der Waals surface area contributed by atoms with Gasteiger partial charge in [-0.2, -0.15) is 0 Å². The number of aromatic amines is 1. The second-order valence-electron chi connectivity index (χ2n) is 4.78. The number of hydrogen-bond acceptors (Lipinski definition) is 3. The third-order valence-electron chi connectivity index (χ3n) is 3.04. The normalized spacial score (nSPS) is 13.3. The Morgan fingerprint density at radius 1 is 1.33 bits per heavy atom. The Kier molecular flexibility index (Phi) is 4.66. The zero-order chi connectivity index (χ0) is 13.0. The molecule has 1 heterocycles. The second kappa shape index (κ2) is 6.25. The van der Waals surface area contributed by atoms with Crippen molar-refractivity contribution in [1.29, 1.82) is 0 Å². The molecule has 18 heavy (non-hydrogen) atoms. The quantitative estimate of drug-likeness (QED) is 0.786. The van der Waals surface area contributed by atoms with E-state index in [2.05, 4.69) is 42.1 Å². The Morgan fingerprint density at radius 3 is 2.78 bits per heavy atom. The second-order valence-corrected chi connectivity index (χ2v) is 5.79. The monoisotopic (exact) mass is 263 g/mol. The van der Waals surface area contributed by atoms with Gasteiger partial charge < -0.3 is 10.3 Å². The molecule has 0 saturated heterocycles. The molecule has 3 nitrogen and oxygen atoms in total. The number of thioether (sulfide) groups is 1. The highest BCUT2D eigenvalue weighted by molar-refractivity contribution is 7.99. The first kappa shape index (κ1) is 13.4. The molecule has 1 unspecified atom stereocenters. The first-order valence-electron chi connectivity index (χ1n) is 6.51. The van der Waals surface area contributed by atoms with Gasteiger partial charge >= 0.3 is 0 Å². The average molecular weight is 263 g/mol. The summed E-state index contributed by atoms with van der Waals surface area (Å²) in [5.74, 6) is 1.69. The van der Waals surface area contributed by atoms with Crippen LogP contribution in [0.3, 0.4) is 0 Å². The molecule has 2 rings (SSSR count). The molecule has 2 aromatic rings. The van der Waals surface area contributed by atoms with Gasteiger partial charge in [-0.05, 0) is 24.6 Å². The maximum Gasteiger partial charge on any atom is 0.166 e. The van der Waals surface area contributed by atoms with Crippen LogP contribution in [0.25, 0.3) is 11.0 Å². The van der Waals surface area contributed by atoms with Crippen molar-refractivity contribution in [3.8, 4) is 0 Å². The van der Waals surface area contributed by atoms with Crippen molar-refractivity contribution in [2.75, 3.05) is 12.3 Å². The third kappa shape index (κ3) is 3.27. The van der Waals surface area contributed by atoms with Gasteiger partial charge in [-0.25, -0.2) is 4.98 Å². The molecule has 0 amide bonds. The Morgan fingerprint density at radius 2 is 2.11 bits per heavy atom. The molecule has 2 N–H and O–H groups in total. The van der Waals surface area contributed by atoms with Gasteiger partial charge in [-0.15, -0.1) is 0 Å². The molecule has 0 radical (unpaired) electrons. The van der Waals surface area contributed by atoms with Crippen LogP contribution < -0.4 is 5.32 Å².